The van der Waals surface area contributed by atoms with Gasteiger partial charge in [-0.25, -0.2) is 13.8 Å². The standard InChI is InChI=1S/C18H15F2N3O3/c1-2-13-9-16(26-23-13)17(24)22-10-11-4-3-7-21-18(11)25-15-6-5-12(19)8-14(15)20/h3-9H,2,10H2,1H3,(H,22,24). The summed E-state index contributed by atoms with van der Waals surface area (Å²) in [6, 6.07) is 7.85. The number of halogens is 2. The van der Waals surface area contributed by atoms with Crippen molar-refractivity contribution < 1.29 is 22.8 Å². The van der Waals surface area contributed by atoms with Crippen molar-refractivity contribution in [1.82, 2.24) is 15.5 Å². The van der Waals surface area contributed by atoms with E-state index in [0.29, 0.717) is 17.7 Å². The van der Waals surface area contributed by atoms with Gasteiger partial charge in [-0.15, -0.1) is 0 Å². The smallest absolute Gasteiger partial charge is 0.290 e. The topological polar surface area (TPSA) is 77.2 Å². The van der Waals surface area contributed by atoms with Gasteiger partial charge in [0.05, 0.1) is 5.69 Å². The minimum Gasteiger partial charge on any atom is -0.436 e. The highest BCUT2D eigenvalue weighted by Crippen LogP contribution is 2.26. The first-order valence-corrected chi connectivity index (χ1v) is 7.87. The second kappa shape index (κ2) is 7.73. The van der Waals surface area contributed by atoms with Gasteiger partial charge in [0, 0.05) is 30.4 Å². The molecule has 0 radical (unpaired) electrons. The molecule has 1 aromatic carbocycles. The highest BCUT2D eigenvalue weighted by molar-refractivity contribution is 5.91. The molecule has 0 atom stereocenters. The maximum absolute atomic E-state index is 13.8. The van der Waals surface area contributed by atoms with Gasteiger partial charge >= 0.3 is 0 Å². The van der Waals surface area contributed by atoms with Crippen LogP contribution in [0.5, 0.6) is 11.6 Å². The number of rotatable bonds is 6. The molecule has 1 N–H and O–H groups in total. The van der Waals surface area contributed by atoms with Crippen LogP contribution in [-0.2, 0) is 13.0 Å². The second-order valence-corrected chi connectivity index (χ2v) is 5.36. The number of hydrogen-bond acceptors (Lipinski definition) is 5. The van der Waals surface area contributed by atoms with E-state index in [1.54, 1.807) is 18.2 Å². The second-order valence-electron chi connectivity index (χ2n) is 5.36. The van der Waals surface area contributed by atoms with E-state index in [-0.39, 0.29) is 23.9 Å². The molecule has 0 fully saturated rings. The zero-order chi connectivity index (χ0) is 18.5. The molecule has 8 heteroatoms. The summed E-state index contributed by atoms with van der Waals surface area (Å²) in [4.78, 5) is 16.1. The van der Waals surface area contributed by atoms with Crippen LogP contribution >= 0.6 is 0 Å². The number of aryl methyl sites for hydroxylation is 1. The molecule has 0 aliphatic heterocycles. The summed E-state index contributed by atoms with van der Waals surface area (Å²) in [5, 5.41) is 6.41. The molecule has 2 heterocycles. The van der Waals surface area contributed by atoms with E-state index in [9.17, 15) is 13.6 Å². The Kier molecular flexibility index (Phi) is 5.21. The number of amides is 1. The van der Waals surface area contributed by atoms with Crippen molar-refractivity contribution in [3.8, 4) is 11.6 Å². The molecule has 0 saturated heterocycles. The lowest BCUT2D eigenvalue weighted by Gasteiger charge is -2.10. The fraction of sp³-hybridized carbons (Fsp3) is 0.167. The molecule has 6 nitrogen and oxygen atoms in total. The van der Waals surface area contributed by atoms with Crippen LogP contribution in [0.25, 0.3) is 0 Å². The van der Waals surface area contributed by atoms with Gasteiger partial charge in [-0.05, 0) is 24.6 Å². The third kappa shape index (κ3) is 4.02. The molecule has 2 aromatic heterocycles. The van der Waals surface area contributed by atoms with Crippen LogP contribution in [-0.4, -0.2) is 16.0 Å². The highest BCUT2D eigenvalue weighted by atomic mass is 19.1. The Morgan fingerprint density at radius 2 is 2.12 bits per heavy atom. The van der Waals surface area contributed by atoms with Crippen LogP contribution in [0.4, 0.5) is 8.78 Å². The fourth-order valence-electron chi connectivity index (χ4n) is 2.16. The van der Waals surface area contributed by atoms with Gasteiger partial charge < -0.3 is 14.6 Å². The Bertz CT molecular complexity index is 928. The number of carbonyl (C=O) groups is 1. The first kappa shape index (κ1) is 17.5. The average Bonchev–Trinajstić information content (AvgIpc) is 3.12. The Morgan fingerprint density at radius 1 is 1.27 bits per heavy atom. The van der Waals surface area contributed by atoms with Crippen LogP contribution in [0.2, 0.25) is 0 Å². The Hall–Kier alpha value is -3.29. The molecule has 0 unspecified atom stereocenters. The van der Waals surface area contributed by atoms with Gasteiger partial charge in [0.2, 0.25) is 11.6 Å². The fourth-order valence-corrected chi connectivity index (χ4v) is 2.16. The van der Waals surface area contributed by atoms with Crippen LogP contribution < -0.4 is 10.1 Å². The monoisotopic (exact) mass is 359 g/mol. The summed E-state index contributed by atoms with van der Waals surface area (Å²) < 4.78 is 37.1. The third-order valence-electron chi connectivity index (χ3n) is 3.53. The third-order valence-corrected chi connectivity index (χ3v) is 3.53. The Labute approximate surface area is 147 Å². The predicted octanol–water partition coefficient (Wildman–Crippen LogP) is 3.63. The van der Waals surface area contributed by atoms with E-state index in [2.05, 4.69) is 15.5 Å². The SMILES string of the molecule is CCc1cc(C(=O)NCc2cccnc2Oc2ccc(F)cc2F)on1. The zero-order valence-electron chi connectivity index (χ0n) is 13.8. The van der Waals surface area contributed by atoms with Crippen LogP contribution in [0.1, 0.15) is 28.7 Å². The van der Waals surface area contributed by atoms with Gasteiger partial charge in [-0.2, -0.15) is 0 Å². The number of benzene rings is 1. The van der Waals surface area contributed by atoms with Gasteiger partial charge in [-0.3, -0.25) is 4.79 Å². The summed E-state index contributed by atoms with van der Waals surface area (Å²) in [6.45, 7) is 1.97. The quantitative estimate of drug-likeness (QED) is 0.727. The highest BCUT2D eigenvalue weighted by Gasteiger charge is 2.15. The molecule has 0 saturated carbocycles. The zero-order valence-corrected chi connectivity index (χ0v) is 13.8. The van der Waals surface area contributed by atoms with E-state index in [1.165, 1.54) is 12.3 Å². The van der Waals surface area contributed by atoms with E-state index in [1.807, 2.05) is 6.92 Å². The maximum Gasteiger partial charge on any atom is 0.290 e. The predicted molar refractivity (Wildman–Crippen MR) is 87.7 cm³/mol. The van der Waals surface area contributed by atoms with Crippen molar-refractivity contribution >= 4 is 5.91 Å². The van der Waals surface area contributed by atoms with Crippen molar-refractivity contribution in [1.29, 1.82) is 0 Å². The summed E-state index contributed by atoms with van der Waals surface area (Å²) in [5.74, 6) is -1.97. The van der Waals surface area contributed by atoms with Crippen molar-refractivity contribution in [2.45, 2.75) is 19.9 Å². The van der Waals surface area contributed by atoms with Gasteiger partial charge in [0.25, 0.3) is 5.91 Å². The number of ether oxygens (including phenoxy) is 1. The first-order chi connectivity index (χ1) is 12.6. The number of nitrogens with one attached hydrogen (secondary N) is 1. The van der Waals surface area contributed by atoms with E-state index < -0.39 is 17.5 Å². The number of hydrogen-bond donors (Lipinski definition) is 1. The molecular weight excluding hydrogens is 344 g/mol. The Balaban J connectivity index is 1.71. The van der Waals surface area contributed by atoms with E-state index in [4.69, 9.17) is 9.26 Å². The largest absolute Gasteiger partial charge is 0.436 e. The molecule has 0 spiro atoms. The summed E-state index contributed by atoms with van der Waals surface area (Å²) in [5.41, 5.74) is 1.19. The van der Waals surface area contributed by atoms with E-state index >= 15 is 0 Å². The van der Waals surface area contributed by atoms with Crippen molar-refractivity contribution in [2.24, 2.45) is 0 Å². The lowest BCUT2D eigenvalue weighted by molar-refractivity contribution is 0.0913. The molecule has 0 bridgehead atoms. The molecule has 134 valence electrons. The van der Waals surface area contributed by atoms with Crippen molar-refractivity contribution in [3.05, 3.63) is 71.2 Å². The van der Waals surface area contributed by atoms with Gasteiger partial charge in [0.1, 0.15) is 5.82 Å². The maximum atomic E-state index is 13.8. The van der Waals surface area contributed by atoms with Gasteiger partial charge in [0.15, 0.2) is 11.6 Å². The Morgan fingerprint density at radius 3 is 2.85 bits per heavy atom. The number of pyridine rings is 1. The minimum absolute atomic E-state index is 0.0764. The average molecular weight is 359 g/mol. The normalized spacial score (nSPS) is 10.6. The van der Waals surface area contributed by atoms with Crippen LogP contribution in [0, 0.1) is 11.6 Å². The first-order valence-electron chi connectivity index (χ1n) is 7.87. The molecule has 3 rings (SSSR count). The minimum atomic E-state index is -0.848. The van der Waals surface area contributed by atoms with E-state index in [0.717, 1.165) is 12.1 Å². The van der Waals surface area contributed by atoms with Crippen molar-refractivity contribution in [3.63, 3.8) is 0 Å². The van der Waals surface area contributed by atoms with Crippen molar-refractivity contribution in [2.75, 3.05) is 0 Å². The lowest BCUT2D eigenvalue weighted by atomic mass is 10.2. The number of carbonyl (C=O) groups excluding carboxylic acids is 1. The van der Waals surface area contributed by atoms with Crippen LogP contribution in [0.15, 0.2) is 47.1 Å². The molecular formula is C18H15F2N3O3. The van der Waals surface area contributed by atoms with Crippen LogP contribution in [0.3, 0.4) is 0 Å². The van der Waals surface area contributed by atoms with Gasteiger partial charge in [-0.1, -0.05) is 18.1 Å². The number of aromatic nitrogens is 2. The molecule has 1 amide bonds. The summed E-state index contributed by atoms with van der Waals surface area (Å²) in [7, 11) is 0. The molecule has 0 aliphatic rings. The molecule has 3 aromatic rings. The molecule has 26 heavy (non-hydrogen) atoms. The summed E-state index contributed by atoms with van der Waals surface area (Å²) >= 11 is 0. The summed E-state index contributed by atoms with van der Waals surface area (Å²) in [6.07, 6.45) is 2.12. The lowest BCUT2D eigenvalue weighted by Crippen LogP contribution is -2.22. The molecule has 0 aliphatic carbocycles. The number of nitrogens with zero attached hydrogens (tertiary/aromatic N) is 2.